The first-order valence-electron chi connectivity index (χ1n) is 10.3. The third kappa shape index (κ3) is 4.29. The number of likely N-dealkylation sites (tertiary alicyclic amines) is 1. The number of rotatable bonds is 5. The van der Waals surface area contributed by atoms with Crippen molar-refractivity contribution in [2.24, 2.45) is 5.92 Å². The average molecular weight is 370 g/mol. The lowest BCUT2D eigenvalue weighted by atomic mass is 9.83. The first-order valence-corrected chi connectivity index (χ1v) is 10.3. The second-order valence-electron chi connectivity index (χ2n) is 8.00. The highest BCUT2D eigenvalue weighted by molar-refractivity contribution is 5.96. The number of furan rings is 1. The van der Waals surface area contributed by atoms with Gasteiger partial charge in [-0.05, 0) is 69.0 Å². The zero-order chi connectivity index (χ0) is 18.6. The quantitative estimate of drug-likeness (QED) is 0.856. The summed E-state index contributed by atoms with van der Waals surface area (Å²) < 4.78 is 11.0. The lowest BCUT2D eigenvalue weighted by molar-refractivity contribution is 0.0852. The second-order valence-corrected chi connectivity index (χ2v) is 8.00. The molecule has 5 nitrogen and oxygen atoms in total. The van der Waals surface area contributed by atoms with Gasteiger partial charge < -0.3 is 19.4 Å². The van der Waals surface area contributed by atoms with Gasteiger partial charge >= 0.3 is 0 Å². The lowest BCUT2D eigenvalue weighted by Gasteiger charge is -2.37. The molecule has 4 rings (SSSR count). The van der Waals surface area contributed by atoms with Crippen LogP contribution in [0.15, 0.2) is 28.7 Å². The van der Waals surface area contributed by atoms with E-state index in [0.29, 0.717) is 11.7 Å². The lowest BCUT2D eigenvalue weighted by Crippen LogP contribution is -2.47. The fourth-order valence-corrected chi connectivity index (χ4v) is 4.59. The van der Waals surface area contributed by atoms with E-state index in [1.807, 2.05) is 24.3 Å². The van der Waals surface area contributed by atoms with E-state index >= 15 is 0 Å². The molecule has 1 aromatic carbocycles. The van der Waals surface area contributed by atoms with E-state index in [1.165, 1.54) is 51.6 Å². The molecule has 2 atom stereocenters. The number of carbonyl (C=O) groups excluding carboxylic acids is 1. The molecule has 1 N–H and O–H groups in total. The Balaban J connectivity index is 1.43. The summed E-state index contributed by atoms with van der Waals surface area (Å²) in [6.45, 7) is 3.54. The Hall–Kier alpha value is -2.01. The molecule has 2 heterocycles. The fraction of sp³-hybridized carbons (Fsp3) is 0.591. The van der Waals surface area contributed by atoms with Crippen molar-refractivity contribution in [3.05, 3.63) is 30.0 Å². The van der Waals surface area contributed by atoms with Crippen molar-refractivity contribution in [1.82, 2.24) is 10.2 Å². The van der Waals surface area contributed by atoms with E-state index in [9.17, 15) is 4.79 Å². The molecule has 1 aliphatic heterocycles. The van der Waals surface area contributed by atoms with Crippen LogP contribution in [0.5, 0.6) is 5.75 Å². The number of amides is 1. The van der Waals surface area contributed by atoms with Gasteiger partial charge in [0.05, 0.1) is 7.11 Å². The number of hydrogen-bond acceptors (Lipinski definition) is 4. The second kappa shape index (κ2) is 8.34. The molecule has 27 heavy (non-hydrogen) atoms. The normalized spacial score (nSPS) is 24.0. The van der Waals surface area contributed by atoms with Crippen LogP contribution in [0.25, 0.3) is 11.0 Å². The van der Waals surface area contributed by atoms with Crippen LogP contribution in [0.4, 0.5) is 0 Å². The van der Waals surface area contributed by atoms with Gasteiger partial charge in [0.25, 0.3) is 5.91 Å². The van der Waals surface area contributed by atoms with Gasteiger partial charge in [-0.3, -0.25) is 4.79 Å². The molecule has 1 aromatic heterocycles. The Kier molecular flexibility index (Phi) is 5.67. The summed E-state index contributed by atoms with van der Waals surface area (Å²) in [5.74, 6) is 1.61. The monoisotopic (exact) mass is 370 g/mol. The molecule has 2 aromatic rings. The molecule has 2 aliphatic rings. The van der Waals surface area contributed by atoms with Gasteiger partial charge in [0, 0.05) is 18.0 Å². The molecule has 0 unspecified atom stereocenters. The Morgan fingerprint density at radius 2 is 1.96 bits per heavy atom. The Morgan fingerprint density at radius 1 is 1.15 bits per heavy atom. The van der Waals surface area contributed by atoms with Crippen molar-refractivity contribution in [2.75, 3.05) is 26.7 Å². The number of ether oxygens (including phenoxy) is 1. The first kappa shape index (κ1) is 18.4. The minimum absolute atomic E-state index is 0.0966. The van der Waals surface area contributed by atoms with Crippen LogP contribution in [-0.4, -0.2) is 43.6 Å². The molecule has 146 valence electrons. The molecule has 5 heteroatoms. The van der Waals surface area contributed by atoms with Gasteiger partial charge in [-0.15, -0.1) is 0 Å². The van der Waals surface area contributed by atoms with Crippen molar-refractivity contribution < 1.29 is 13.9 Å². The summed E-state index contributed by atoms with van der Waals surface area (Å²) in [6.07, 6.45) is 8.72. The number of benzene rings is 1. The predicted molar refractivity (Wildman–Crippen MR) is 106 cm³/mol. The van der Waals surface area contributed by atoms with Gasteiger partial charge in [-0.2, -0.15) is 0 Å². The standard InChI is InChI=1S/C22H30N2O3/c1-26-18-9-10-20-17(13-18)14-21(27-20)22(25)23-19-8-4-3-7-16(19)15-24-11-5-2-6-12-24/h9-10,13-14,16,19H,2-8,11-12,15H2,1H3,(H,23,25)/t16-,19+/m0/s1. The zero-order valence-corrected chi connectivity index (χ0v) is 16.2. The summed E-state index contributed by atoms with van der Waals surface area (Å²) in [6, 6.07) is 7.66. The predicted octanol–water partition coefficient (Wildman–Crippen LogP) is 4.22. The minimum Gasteiger partial charge on any atom is -0.497 e. The molecule has 1 amide bonds. The molecule has 0 radical (unpaired) electrons. The Morgan fingerprint density at radius 3 is 2.78 bits per heavy atom. The van der Waals surface area contributed by atoms with Crippen LogP contribution >= 0.6 is 0 Å². The molecule has 0 spiro atoms. The van der Waals surface area contributed by atoms with Crippen LogP contribution in [-0.2, 0) is 0 Å². The average Bonchev–Trinajstić information content (AvgIpc) is 3.13. The van der Waals surface area contributed by atoms with Gasteiger partial charge in [0.1, 0.15) is 11.3 Å². The number of methoxy groups -OCH3 is 1. The van der Waals surface area contributed by atoms with Gasteiger partial charge in [0.2, 0.25) is 0 Å². The minimum atomic E-state index is -0.0966. The summed E-state index contributed by atoms with van der Waals surface area (Å²) in [5.41, 5.74) is 0.717. The highest BCUT2D eigenvalue weighted by atomic mass is 16.5. The first-order chi connectivity index (χ1) is 13.2. The summed E-state index contributed by atoms with van der Waals surface area (Å²) >= 11 is 0. The summed E-state index contributed by atoms with van der Waals surface area (Å²) in [5, 5.41) is 4.17. The molecule has 0 bridgehead atoms. The zero-order valence-electron chi connectivity index (χ0n) is 16.2. The van der Waals surface area contributed by atoms with E-state index in [0.717, 1.165) is 29.7 Å². The number of carbonyl (C=O) groups is 1. The van der Waals surface area contributed by atoms with Crippen LogP contribution < -0.4 is 10.1 Å². The van der Waals surface area contributed by atoms with Crippen LogP contribution in [0.1, 0.15) is 55.5 Å². The Bertz CT molecular complexity index is 779. The third-order valence-corrected chi connectivity index (χ3v) is 6.11. The van der Waals surface area contributed by atoms with E-state index < -0.39 is 0 Å². The van der Waals surface area contributed by atoms with Crippen molar-refractivity contribution in [2.45, 2.75) is 51.0 Å². The van der Waals surface area contributed by atoms with E-state index in [-0.39, 0.29) is 11.9 Å². The van der Waals surface area contributed by atoms with Crippen molar-refractivity contribution in [3.63, 3.8) is 0 Å². The van der Waals surface area contributed by atoms with Crippen LogP contribution in [0.3, 0.4) is 0 Å². The van der Waals surface area contributed by atoms with E-state index in [1.54, 1.807) is 7.11 Å². The van der Waals surface area contributed by atoms with E-state index in [2.05, 4.69) is 10.2 Å². The Labute approximate surface area is 161 Å². The van der Waals surface area contributed by atoms with Crippen molar-refractivity contribution in [3.8, 4) is 5.75 Å². The molecule has 2 fully saturated rings. The van der Waals surface area contributed by atoms with Crippen molar-refractivity contribution in [1.29, 1.82) is 0 Å². The SMILES string of the molecule is COc1ccc2oc(C(=O)N[C@@H]3CCCC[C@H]3CN3CCCCC3)cc2c1. The summed E-state index contributed by atoms with van der Waals surface area (Å²) in [4.78, 5) is 15.4. The fourth-order valence-electron chi connectivity index (χ4n) is 4.59. The van der Waals surface area contributed by atoms with E-state index in [4.69, 9.17) is 9.15 Å². The molecule has 1 aliphatic carbocycles. The third-order valence-electron chi connectivity index (χ3n) is 6.11. The van der Waals surface area contributed by atoms with Gasteiger partial charge in [-0.25, -0.2) is 0 Å². The van der Waals surface area contributed by atoms with Gasteiger partial charge in [-0.1, -0.05) is 19.3 Å². The molecule has 1 saturated carbocycles. The number of nitrogens with zero attached hydrogens (tertiary/aromatic N) is 1. The van der Waals surface area contributed by atoms with Crippen LogP contribution in [0.2, 0.25) is 0 Å². The smallest absolute Gasteiger partial charge is 0.287 e. The molecular formula is C22H30N2O3. The highest BCUT2D eigenvalue weighted by Crippen LogP contribution is 2.28. The maximum atomic E-state index is 12.8. The maximum absolute atomic E-state index is 12.8. The largest absolute Gasteiger partial charge is 0.497 e. The number of nitrogens with one attached hydrogen (secondary N) is 1. The van der Waals surface area contributed by atoms with Gasteiger partial charge in [0.15, 0.2) is 5.76 Å². The number of hydrogen-bond donors (Lipinski definition) is 1. The summed E-state index contributed by atoms with van der Waals surface area (Å²) in [7, 11) is 1.64. The number of piperidine rings is 1. The molecular weight excluding hydrogens is 340 g/mol. The molecule has 1 saturated heterocycles. The van der Waals surface area contributed by atoms with Crippen LogP contribution in [0, 0.1) is 5.92 Å². The number of fused-ring (bicyclic) bond motifs is 1. The van der Waals surface area contributed by atoms with Crippen molar-refractivity contribution >= 4 is 16.9 Å². The highest BCUT2D eigenvalue weighted by Gasteiger charge is 2.29. The maximum Gasteiger partial charge on any atom is 0.287 e. The topological polar surface area (TPSA) is 54.7 Å².